The first kappa shape index (κ1) is 55.0. The number of fused-ring (bicyclic) bond motifs is 8. The molecule has 1 aliphatic rings. The molecule has 4 nitrogen and oxygen atoms in total. The van der Waals surface area contributed by atoms with E-state index in [1.54, 1.807) is 0 Å². The first-order chi connectivity index (χ1) is 32.7. The summed E-state index contributed by atoms with van der Waals surface area (Å²) in [6.07, 6.45) is 22.3. The van der Waals surface area contributed by atoms with Gasteiger partial charge < -0.3 is 18.9 Å². The third kappa shape index (κ3) is 12.5. The van der Waals surface area contributed by atoms with Crippen LogP contribution in [0.2, 0.25) is 0 Å². The van der Waals surface area contributed by atoms with E-state index in [0.717, 1.165) is 101 Å². The normalized spacial score (nSPS) is 12.5. The summed E-state index contributed by atoms with van der Waals surface area (Å²) >= 11 is 0. The lowest BCUT2D eigenvalue weighted by Crippen LogP contribution is -2.16. The highest BCUT2D eigenvalue weighted by Gasteiger charge is 2.29. The zero-order valence-electron chi connectivity index (χ0n) is 46.6. The van der Waals surface area contributed by atoms with E-state index < -0.39 is 0 Å². The second kappa shape index (κ2) is 26.3. The van der Waals surface area contributed by atoms with Gasteiger partial charge in [0.15, 0.2) is 0 Å². The zero-order valence-corrected chi connectivity index (χ0v) is 46.6. The first-order valence-corrected chi connectivity index (χ1v) is 27.6. The monoisotopic (exact) mass is 929 g/mol. The van der Waals surface area contributed by atoms with Crippen molar-refractivity contribution in [2.75, 3.05) is 26.4 Å². The van der Waals surface area contributed by atoms with Crippen molar-refractivity contribution in [3.8, 4) is 23.0 Å². The Balaban J connectivity index is 1.87. The molecule has 0 radical (unpaired) electrons. The lowest BCUT2D eigenvalue weighted by Gasteiger charge is -2.29. The molecule has 5 rings (SSSR count). The lowest BCUT2D eigenvalue weighted by molar-refractivity contribution is 0.300. The van der Waals surface area contributed by atoms with Gasteiger partial charge in [0.2, 0.25) is 0 Å². The van der Waals surface area contributed by atoms with Gasteiger partial charge in [-0.2, -0.15) is 0 Å². The highest BCUT2D eigenvalue weighted by Crippen LogP contribution is 2.45. The Labute approximate surface area is 417 Å². The van der Waals surface area contributed by atoms with E-state index in [2.05, 4.69) is 111 Å². The molecule has 0 heterocycles. The van der Waals surface area contributed by atoms with Crippen molar-refractivity contribution in [1.29, 1.82) is 0 Å². The topological polar surface area (TPSA) is 36.9 Å². The summed E-state index contributed by atoms with van der Waals surface area (Å²) in [6, 6.07) is 0. The van der Waals surface area contributed by atoms with Crippen LogP contribution in [0.5, 0.6) is 23.0 Å². The highest BCUT2D eigenvalue weighted by molar-refractivity contribution is 5.65. The fourth-order valence-corrected chi connectivity index (χ4v) is 11.7. The van der Waals surface area contributed by atoms with Crippen molar-refractivity contribution in [2.24, 2.45) is 0 Å². The van der Waals surface area contributed by atoms with Crippen LogP contribution in [0.15, 0.2) is 0 Å². The minimum absolute atomic E-state index is 0.745. The number of benzene rings is 4. The van der Waals surface area contributed by atoms with E-state index in [1.165, 1.54) is 188 Å². The summed E-state index contributed by atoms with van der Waals surface area (Å²) < 4.78 is 27.9. The summed E-state index contributed by atoms with van der Waals surface area (Å²) in [4.78, 5) is 0. The van der Waals surface area contributed by atoms with Gasteiger partial charge in [-0.05, 0) is 246 Å². The van der Waals surface area contributed by atoms with E-state index >= 15 is 0 Å². The van der Waals surface area contributed by atoms with Gasteiger partial charge in [0.1, 0.15) is 23.0 Å². The van der Waals surface area contributed by atoms with Crippen LogP contribution in [0.25, 0.3) is 0 Å². The smallest absolute Gasteiger partial charge is 0.125 e. The molecule has 0 atom stereocenters. The van der Waals surface area contributed by atoms with Crippen molar-refractivity contribution in [2.45, 2.75) is 239 Å². The zero-order chi connectivity index (χ0) is 49.7. The Kier molecular flexibility index (Phi) is 21.3. The average Bonchev–Trinajstić information content (AvgIpc) is 3.31. The van der Waals surface area contributed by atoms with E-state index in [0.29, 0.717) is 0 Å². The third-order valence-corrected chi connectivity index (χ3v) is 16.4. The van der Waals surface area contributed by atoms with Crippen molar-refractivity contribution in [3.63, 3.8) is 0 Å². The Hall–Kier alpha value is -3.92. The number of hydrogen-bond acceptors (Lipinski definition) is 4. The molecule has 0 fully saturated rings. The molecule has 0 saturated heterocycles. The van der Waals surface area contributed by atoms with Gasteiger partial charge in [0.05, 0.1) is 26.4 Å². The minimum Gasteiger partial charge on any atom is -0.493 e. The van der Waals surface area contributed by atoms with Gasteiger partial charge in [-0.3, -0.25) is 0 Å². The molecular formula is C64H96O4. The Morgan fingerprint density at radius 2 is 0.382 bits per heavy atom. The Morgan fingerprint density at radius 1 is 0.221 bits per heavy atom. The largest absolute Gasteiger partial charge is 0.493 e. The highest BCUT2D eigenvalue weighted by atomic mass is 16.5. The number of hydrogen-bond donors (Lipinski definition) is 0. The van der Waals surface area contributed by atoms with Crippen LogP contribution in [0.3, 0.4) is 0 Å². The molecule has 0 N–H and O–H groups in total. The molecule has 0 spiro atoms. The van der Waals surface area contributed by atoms with E-state index in [1.807, 2.05) is 0 Å². The van der Waals surface area contributed by atoms with Gasteiger partial charge in [-0.25, -0.2) is 0 Å². The van der Waals surface area contributed by atoms with E-state index in [4.69, 9.17) is 18.9 Å². The van der Waals surface area contributed by atoms with Gasteiger partial charge >= 0.3 is 0 Å². The molecule has 1 aliphatic carbocycles. The molecule has 8 bridgehead atoms. The maximum Gasteiger partial charge on any atom is 0.125 e. The third-order valence-electron chi connectivity index (χ3n) is 16.4. The molecular weight excluding hydrogens is 833 g/mol. The predicted octanol–water partition coefficient (Wildman–Crippen LogP) is 17.9. The quantitative estimate of drug-likeness (QED) is 0.0578. The van der Waals surface area contributed by atoms with E-state index in [9.17, 15) is 0 Å². The van der Waals surface area contributed by atoms with E-state index in [-0.39, 0.29) is 0 Å². The molecule has 4 heteroatoms. The van der Waals surface area contributed by atoms with Crippen LogP contribution < -0.4 is 18.9 Å². The molecule has 0 unspecified atom stereocenters. The molecule has 376 valence electrons. The minimum atomic E-state index is 0.745. The summed E-state index contributed by atoms with van der Waals surface area (Å²) in [5.74, 6) is 4.34. The van der Waals surface area contributed by atoms with Gasteiger partial charge in [0, 0.05) is 0 Å². The molecule has 0 aromatic heterocycles. The van der Waals surface area contributed by atoms with Crippen LogP contribution in [0, 0.1) is 83.1 Å². The Morgan fingerprint density at radius 3 is 0.529 bits per heavy atom. The van der Waals surface area contributed by atoms with Crippen LogP contribution in [-0.4, -0.2) is 26.4 Å². The fraction of sp³-hybridized carbons (Fsp3) is 0.625. The Bertz CT molecular complexity index is 1880. The maximum atomic E-state index is 6.98. The molecule has 0 amide bonds. The van der Waals surface area contributed by atoms with Crippen LogP contribution in [0.1, 0.15) is 242 Å². The van der Waals surface area contributed by atoms with Crippen LogP contribution in [-0.2, 0) is 25.7 Å². The number of ether oxygens (including phenoxy) is 4. The molecule has 0 saturated carbocycles. The number of rotatable bonds is 24. The van der Waals surface area contributed by atoms with Crippen LogP contribution >= 0.6 is 0 Å². The summed E-state index contributed by atoms with van der Waals surface area (Å²) in [5, 5.41) is 0. The fourth-order valence-electron chi connectivity index (χ4n) is 11.7. The van der Waals surface area contributed by atoms with Gasteiger partial charge in [-0.15, -0.1) is 0 Å². The maximum absolute atomic E-state index is 6.98. The number of unbranched alkanes of at least 4 members (excludes halogenated alkanes) is 12. The van der Waals surface area contributed by atoms with Gasteiger partial charge in [0.25, 0.3) is 0 Å². The summed E-state index contributed by atoms with van der Waals surface area (Å²) in [5.41, 5.74) is 27.0. The summed E-state index contributed by atoms with van der Waals surface area (Å²) in [6.45, 7) is 40.4. The lowest BCUT2D eigenvalue weighted by atomic mass is 9.78. The standard InChI is InChI=1S/C64H96O4/c1-17-21-25-29-33-65-61-45(9)53-37-55-42(6)57(49(13)62(47(55)11)66-34-30-26-22-18-2)39-59-44(8)60(52(16)64(51(59)15)68-36-32-28-24-20-4)40-58-43(7)56(38-54(41(53)5)46(61)10)48(12)63(50(58)14)67-35-31-27-23-19-3/h17-40H2,1-16H3. The SMILES string of the molecule is CCCCCCOc1c(C)c2c(C)c(c1C)Cc1c(C)c(c(C)c(OCCCCCC)c1C)Cc1c(C)c(c(C)c(OCCCCCC)c1C)Cc1c(C)c(c(C)c(OCCCCCC)c1C)C2. The van der Waals surface area contributed by atoms with Crippen molar-refractivity contribution >= 4 is 0 Å². The van der Waals surface area contributed by atoms with Crippen molar-refractivity contribution < 1.29 is 18.9 Å². The molecule has 4 aromatic rings. The summed E-state index contributed by atoms with van der Waals surface area (Å²) in [7, 11) is 0. The predicted molar refractivity (Wildman–Crippen MR) is 292 cm³/mol. The second-order valence-corrected chi connectivity index (χ2v) is 21.0. The van der Waals surface area contributed by atoms with Crippen LogP contribution in [0.4, 0.5) is 0 Å². The first-order valence-electron chi connectivity index (χ1n) is 27.6. The van der Waals surface area contributed by atoms with Crippen molar-refractivity contribution in [3.05, 3.63) is 111 Å². The van der Waals surface area contributed by atoms with Crippen molar-refractivity contribution in [1.82, 2.24) is 0 Å². The molecule has 68 heavy (non-hydrogen) atoms. The molecule has 4 aromatic carbocycles. The molecule has 0 aliphatic heterocycles. The second-order valence-electron chi connectivity index (χ2n) is 21.0. The van der Waals surface area contributed by atoms with Gasteiger partial charge in [-0.1, -0.05) is 105 Å². The average molecular weight is 929 g/mol.